The Labute approximate surface area is 183 Å². The molecule has 5 nitrogen and oxygen atoms in total. The predicted molar refractivity (Wildman–Crippen MR) is 119 cm³/mol. The molecule has 158 valence electrons. The number of methoxy groups -OCH3 is 2. The Balaban J connectivity index is 1.94. The monoisotopic (exact) mass is 415 g/mol. The third-order valence-electron chi connectivity index (χ3n) is 4.97. The number of nitrogens with zero attached hydrogens (tertiary/aromatic N) is 1. The molecule has 0 bridgehead atoms. The quantitative estimate of drug-likeness (QED) is 0.216. The number of carbonyl (C=O) groups is 1. The van der Waals surface area contributed by atoms with Gasteiger partial charge in [0, 0.05) is 18.1 Å². The van der Waals surface area contributed by atoms with Crippen LogP contribution >= 0.6 is 0 Å². The van der Waals surface area contributed by atoms with Crippen molar-refractivity contribution in [2.24, 2.45) is 0 Å². The van der Waals surface area contributed by atoms with Crippen LogP contribution in [0.4, 0.5) is 0 Å². The summed E-state index contributed by atoms with van der Waals surface area (Å²) in [5, 5.41) is 0. The van der Waals surface area contributed by atoms with Gasteiger partial charge in [-0.3, -0.25) is 0 Å². The summed E-state index contributed by atoms with van der Waals surface area (Å²) < 4.78 is 15.9. The zero-order valence-corrected chi connectivity index (χ0v) is 18.2. The first-order chi connectivity index (χ1) is 15.0. The Morgan fingerprint density at radius 2 is 1.71 bits per heavy atom. The second-order valence-electron chi connectivity index (χ2n) is 7.16. The highest BCUT2D eigenvalue weighted by atomic mass is 16.5. The minimum absolute atomic E-state index is 0.385. The molecule has 0 unspecified atom stereocenters. The Morgan fingerprint density at radius 1 is 0.968 bits per heavy atom. The molecule has 0 atom stereocenters. The van der Waals surface area contributed by atoms with E-state index in [4.69, 9.17) is 14.2 Å². The summed E-state index contributed by atoms with van der Waals surface area (Å²) in [5.41, 5.74) is 5.09. The molecule has 31 heavy (non-hydrogen) atoms. The van der Waals surface area contributed by atoms with Crippen LogP contribution in [0.2, 0.25) is 0 Å². The van der Waals surface area contributed by atoms with Crippen molar-refractivity contribution in [2.75, 3.05) is 14.2 Å². The number of carbonyl (C=O) groups excluding carboxylic acids is 1. The standard InChI is InChI=1S/C26H25NO4/c1-18-15-20(23(16-19(18)2)24(17-29-3)26(28)30-4)13-14-21-9-8-12-25(27-21)31-22-10-6-5-7-11-22/h5-12,17H,15-16H2,1-4H3/b24-17-. The Bertz CT molecular complexity index is 1110. The molecular weight excluding hydrogens is 390 g/mol. The number of para-hydroxylation sites is 1. The van der Waals surface area contributed by atoms with E-state index in [2.05, 4.69) is 30.7 Å². The first-order valence-corrected chi connectivity index (χ1v) is 9.92. The number of benzene rings is 1. The largest absolute Gasteiger partial charge is 0.503 e. The molecule has 1 aromatic carbocycles. The molecule has 1 heterocycles. The average Bonchev–Trinajstić information content (AvgIpc) is 2.78. The first kappa shape index (κ1) is 21.9. The summed E-state index contributed by atoms with van der Waals surface area (Å²) in [4.78, 5) is 16.8. The van der Waals surface area contributed by atoms with Gasteiger partial charge in [0.15, 0.2) is 0 Å². The lowest BCUT2D eigenvalue weighted by Gasteiger charge is -2.21. The van der Waals surface area contributed by atoms with E-state index >= 15 is 0 Å². The molecular formula is C26H25NO4. The Morgan fingerprint density at radius 3 is 2.42 bits per heavy atom. The van der Waals surface area contributed by atoms with E-state index in [1.807, 2.05) is 42.5 Å². The fraction of sp³-hybridized carbons (Fsp3) is 0.231. The van der Waals surface area contributed by atoms with Gasteiger partial charge < -0.3 is 14.2 Å². The number of allylic oxidation sites excluding steroid dienone is 3. The normalized spacial score (nSPS) is 14.0. The number of pyridine rings is 1. The summed E-state index contributed by atoms with van der Waals surface area (Å²) in [6.07, 6.45) is 2.69. The highest BCUT2D eigenvalue weighted by molar-refractivity contribution is 5.94. The highest BCUT2D eigenvalue weighted by Crippen LogP contribution is 2.34. The van der Waals surface area contributed by atoms with Gasteiger partial charge in [-0.2, -0.15) is 0 Å². The van der Waals surface area contributed by atoms with Gasteiger partial charge in [0.25, 0.3) is 0 Å². The SMILES string of the molecule is CO/C=C(\C(=O)OC)C1=C(C#Cc2cccc(Oc3ccccc3)n2)CC(C)=C(C)C1. The maximum Gasteiger partial charge on any atom is 0.341 e. The number of esters is 1. The molecule has 0 fully saturated rings. The molecule has 1 aliphatic rings. The van der Waals surface area contributed by atoms with Crippen molar-refractivity contribution >= 4 is 5.97 Å². The predicted octanol–water partition coefficient (Wildman–Crippen LogP) is 5.36. The van der Waals surface area contributed by atoms with Crippen LogP contribution in [-0.2, 0) is 14.3 Å². The summed E-state index contributed by atoms with van der Waals surface area (Å²) in [5.74, 6) is 7.07. The summed E-state index contributed by atoms with van der Waals surface area (Å²) in [6.45, 7) is 4.14. The molecule has 0 radical (unpaired) electrons. The molecule has 0 N–H and O–H groups in total. The molecule has 2 aromatic rings. The fourth-order valence-corrected chi connectivity index (χ4v) is 3.18. The summed E-state index contributed by atoms with van der Waals surface area (Å²) in [7, 11) is 2.87. The van der Waals surface area contributed by atoms with Gasteiger partial charge >= 0.3 is 5.97 Å². The molecule has 0 saturated carbocycles. The van der Waals surface area contributed by atoms with Gasteiger partial charge in [-0.25, -0.2) is 9.78 Å². The summed E-state index contributed by atoms with van der Waals surface area (Å²) >= 11 is 0. The van der Waals surface area contributed by atoms with Crippen molar-refractivity contribution in [2.45, 2.75) is 26.7 Å². The molecule has 0 aliphatic heterocycles. The van der Waals surface area contributed by atoms with Crippen LogP contribution in [0.25, 0.3) is 0 Å². The van der Waals surface area contributed by atoms with E-state index in [9.17, 15) is 4.79 Å². The molecule has 0 spiro atoms. The van der Waals surface area contributed by atoms with E-state index in [1.54, 1.807) is 6.07 Å². The van der Waals surface area contributed by atoms with E-state index in [-0.39, 0.29) is 0 Å². The van der Waals surface area contributed by atoms with Crippen LogP contribution in [0, 0.1) is 11.8 Å². The third kappa shape index (κ3) is 5.64. The van der Waals surface area contributed by atoms with Crippen molar-refractivity contribution in [3.05, 3.63) is 88.4 Å². The minimum Gasteiger partial charge on any atom is -0.503 e. The second kappa shape index (κ2) is 10.3. The maximum atomic E-state index is 12.3. The minimum atomic E-state index is -0.445. The van der Waals surface area contributed by atoms with Crippen molar-refractivity contribution in [3.63, 3.8) is 0 Å². The lowest BCUT2D eigenvalue weighted by molar-refractivity contribution is -0.136. The number of aromatic nitrogens is 1. The van der Waals surface area contributed by atoms with E-state index < -0.39 is 5.97 Å². The Kier molecular flexibility index (Phi) is 7.29. The van der Waals surface area contributed by atoms with Crippen molar-refractivity contribution in [1.29, 1.82) is 0 Å². The number of ether oxygens (including phenoxy) is 3. The van der Waals surface area contributed by atoms with Crippen LogP contribution in [0.5, 0.6) is 11.6 Å². The van der Waals surface area contributed by atoms with E-state index in [1.165, 1.54) is 31.6 Å². The molecule has 5 heteroatoms. The van der Waals surface area contributed by atoms with Gasteiger partial charge in [0.05, 0.1) is 26.1 Å². The van der Waals surface area contributed by atoms with Crippen molar-refractivity contribution < 1.29 is 19.0 Å². The fourth-order valence-electron chi connectivity index (χ4n) is 3.18. The summed E-state index contributed by atoms with van der Waals surface area (Å²) in [6, 6.07) is 14.9. The smallest absolute Gasteiger partial charge is 0.341 e. The number of rotatable bonds is 5. The first-order valence-electron chi connectivity index (χ1n) is 9.92. The topological polar surface area (TPSA) is 57.7 Å². The lowest BCUT2D eigenvalue weighted by Crippen LogP contribution is -2.13. The number of hydrogen-bond donors (Lipinski definition) is 0. The Hall–Kier alpha value is -3.78. The highest BCUT2D eigenvalue weighted by Gasteiger charge is 2.23. The van der Waals surface area contributed by atoms with Gasteiger partial charge in [0.2, 0.25) is 5.88 Å². The van der Waals surface area contributed by atoms with Crippen molar-refractivity contribution in [1.82, 2.24) is 4.98 Å². The zero-order valence-electron chi connectivity index (χ0n) is 18.2. The van der Waals surface area contributed by atoms with Crippen LogP contribution < -0.4 is 4.74 Å². The van der Waals surface area contributed by atoms with Crippen LogP contribution in [-0.4, -0.2) is 25.2 Å². The van der Waals surface area contributed by atoms with Gasteiger partial charge in [-0.1, -0.05) is 41.3 Å². The van der Waals surface area contributed by atoms with Crippen LogP contribution in [0.3, 0.4) is 0 Å². The third-order valence-corrected chi connectivity index (χ3v) is 4.97. The van der Waals surface area contributed by atoms with Gasteiger partial charge in [0.1, 0.15) is 11.4 Å². The molecule has 0 amide bonds. The van der Waals surface area contributed by atoms with Gasteiger partial charge in [-0.05, 0) is 50.0 Å². The molecule has 0 saturated heterocycles. The second-order valence-corrected chi connectivity index (χ2v) is 7.16. The lowest BCUT2D eigenvalue weighted by atomic mass is 9.84. The van der Waals surface area contributed by atoms with E-state index in [0.29, 0.717) is 35.7 Å². The molecule has 1 aliphatic carbocycles. The molecule has 1 aromatic heterocycles. The van der Waals surface area contributed by atoms with Crippen LogP contribution in [0.1, 0.15) is 32.4 Å². The molecule has 3 rings (SSSR count). The number of hydrogen-bond acceptors (Lipinski definition) is 5. The van der Waals surface area contributed by atoms with E-state index in [0.717, 1.165) is 11.1 Å². The maximum absolute atomic E-state index is 12.3. The van der Waals surface area contributed by atoms with Crippen molar-refractivity contribution in [3.8, 4) is 23.5 Å². The van der Waals surface area contributed by atoms with Gasteiger partial charge in [-0.15, -0.1) is 0 Å². The van der Waals surface area contributed by atoms with Crippen LogP contribution in [0.15, 0.2) is 82.7 Å². The average molecular weight is 415 g/mol. The zero-order chi connectivity index (χ0) is 22.2.